The zero-order valence-corrected chi connectivity index (χ0v) is 19.4. The molecule has 0 radical (unpaired) electrons. The highest BCUT2D eigenvalue weighted by atomic mass is 16.5. The number of hydrogen-bond acceptors (Lipinski definition) is 4. The van der Waals surface area contributed by atoms with Crippen molar-refractivity contribution in [2.24, 2.45) is 0 Å². The van der Waals surface area contributed by atoms with Crippen LogP contribution in [0.2, 0.25) is 0 Å². The second kappa shape index (κ2) is 9.44. The van der Waals surface area contributed by atoms with Crippen LogP contribution in [0, 0.1) is 6.92 Å². The normalized spacial score (nSPS) is 12.4. The van der Waals surface area contributed by atoms with Crippen LogP contribution in [-0.2, 0) is 19.6 Å². The number of fused-ring (bicyclic) bond motifs is 1. The molecule has 1 aliphatic heterocycles. The van der Waals surface area contributed by atoms with Crippen molar-refractivity contribution in [2.75, 3.05) is 11.4 Å². The molecular formula is C30H28N2O2. The third-order valence-electron chi connectivity index (χ3n) is 6.27. The van der Waals surface area contributed by atoms with Crippen molar-refractivity contribution in [3.8, 4) is 16.9 Å². The first-order valence-electron chi connectivity index (χ1n) is 11.5. The molecule has 3 aromatic carbocycles. The van der Waals surface area contributed by atoms with Crippen LogP contribution in [0.4, 0.5) is 5.69 Å². The molecule has 0 fully saturated rings. The molecule has 0 spiro atoms. The number of aliphatic hydroxyl groups is 1. The average molecular weight is 449 g/mol. The van der Waals surface area contributed by atoms with E-state index in [2.05, 4.69) is 90.1 Å². The molecule has 34 heavy (non-hydrogen) atoms. The Bertz CT molecular complexity index is 1330. The fourth-order valence-corrected chi connectivity index (χ4v) is 4.45. The molecule has 0 saturated heterocycles. The summed E-state index contributed by atoms with van der Waals surface area (Å²) in [6.45, 7) is 8.11. The summed E-state index contributed by atoms with van der Waals surface area (Å²) in [5, 5.41) is 9.53. The monoisotopic (exact) mass is 448 g/mol. The Balaban J connectivity index is 1.25. The molecule has 4 nitrogen and oxygen atoms in total. The van der Waals surface area contributed by atoms with Crippen LogP contribution >= 0.6 is 0 Å². The van der Waals surface area contributed by atoms with Crippen molar-refractivity contribution < 1.29 is 9.84 Å². The number of ether oxygens (including phenoxy) is 1. The standard InChI is InChI=1S/C30H28N2O2/c1-21-6-11-30-27(14-21)12-13-32(30)19-24-4-3-5-26(15-24)25-9-7-23(8-10-25)20-34-29-16-28(22(2)33)17-31-18-29/h3-11,14-18,33H,2,12-13,19-20H2,1H3. The van der Waals surface area contributed by atoms with Crippen LogP contribution in [0.1, 0.15) is 27.8 Å². The number of rotatable bonds is 7. The summed E-state index contributed by atoms with van der Waals surface area (Å²) in [6, 6.07) is 25.8. The summed E-state index contributed by atoms with van der Waals surface area (Å²) in [6.07, 6.45) is 4.31. The topological polar surface area (TPSA) is 45.6 Å². The van der Waals surface area contributed by atoms with Crippen molar-refractivity contribution in [3.05, 3.63) is 120 Å². The summed E-state index contributed by atoms with van der Waals surface area (Å²) >= 11 is 0. The summed E-state index contributed by atoms with van der Waals surface area (Å²) in [5.41, 5.74) is 9.49. The zero-order chi connectivity index (χ0) is 23.5. The maximum atomic E-state index is 9.53. The van der Waals surface area contributed by atoms with Gasteiger partial charge in [0.15, 0.2) is 0 Å². The predicted molar refractivity (Wildman–Crippen MR) is 138 cm³/mol. The van der Waals surface area contributed by atoms with E-state index in [1.54, 1.807) is 18.5 Å². The molecule has 4 heteroatoms. The van der Waals surface area contributed by atoms with E-state index in [0.717, 1.165) is 25.1 Å². The number of benzene rings is 3. The molecule has 1 aliphatic rings. The summed E-state index contributed by atoms with van der Waals surface area (Å²) in [5.74, 6) is 0.580. The van der Waals surface area contributed by atoms with E-state index in [1.165, 1.54) is 33.5 Å². The molecule has 0 saturated carbocycles. The Morgan fingerprint density at radius 1 is 0.971 bits per heavy atom. The van der Waals surface area contributed by atoms with Gasteiger partial charge in [-0.05, 0) is 59.4 Å². The number of hydrogen-bond donors (Lipinski definition) is 1. The molecule has 0 amide bonds. The number of aliphatic hydroxyl groups excluding tert-OH is 1. The third kappa shape index (κ3) is 4.81. The van der Waals surface area contributed by atoms with Crippen molar-refractivity contribution >= 4 is 11.4 Å². The lowest BCUT2D eigenvalue weighted by Gasteiger charge is -2.20. The SMILES string of the molecule is C=C(O)c1cncc(OCc2ccc(-c3cccc(CN4CCc5cc(C)ccc54)c3)cc2)c1. The zero-order valence-electron chi connectivity index (χ0n) is 19.4. The van der Waals surface area contributed by atoms with E-state index in [9.17, 15) is 5.11 Å². The third-order valence-corrected chi connectivity index (χ3v) is 6.27. The lowest BCUT2D eigenvalue weighted by atomic mass is 10.0. The van der Waals surface area contributed by atoms with E-state index < -0.39 is 0 Å². The van der Waals surface area contributed by atoms with Gasteiger partial charge in [-0.3, -0.25) is 4.98 Å². The van der Waals surface area contributed by atoms with Gasteiger partial charge in [-0.15, -0.1) is 0 Å². The molecule has 5 rings (SSSR count). The minimum absolute atomic E-state index is 0.0198. The Kier molecular flexibility index (Phi) is 6.05. The minimum Gasteiger partial charge on any atom is -0.508 e. The first-order valence-corrected chi connectivity index (χ1v) is 11.5. The smallest absolute Gasteiger partial charge is 0.138 e. The van der Waals surface area contributed by atoms with E-state index in [-0.39, 0.29) is 5.76 Å². The van der Waals surface area contributed by atoms with Gasteiger partial charge in [0, 0.05) is 30.5 Å². The largest absolute Gasteiger partial charge is 0.508 e. The first-order chi connectivity index (χ1) is 16.5. The number of aryl methyl sites for hydroxylation is 1. The molecule has 0 atom stereocenters. The molecule has 2 heterocycles. The van der Waals surface area contributed by atoms with E-state index >= 15 is 0 Å². The molecule has 1 N–H and O–H groups in total. The summed E-state index contributed by atoms with van der Waals surface area (Å²) in [7, 11) is 0. The number of aromatic nitrogens is 1. The fourth-order valence-electron chi connectivity index (χ4n) is 4.45. The average Bonchev–Trinajstić information content (AvgIpc) is 3.25. The lowest BCUT2D eigenvalue weighted by molar-refractivity contribution is 0.304. The van der Waals surface area contributed by atoms with Crippen molar-refractivity contribution in [1.29, 1.82) is 0 Å². The molecule has 0 unspecified atom stereocenters. The second-order valence-corrected chi connectivity index (χ2v) is 8.85. The molecule has 0 bridgehead atoms. The number of pyridine rings is 1. The summed E-state index contributed by atoms with van der Waals surface area (Å²) < 4.78 is 5.84. The van der Waals surface area contributed by atoms with Gasteiger partial charge in [-0.25, -0.2) is 0 Å². The number of nitrogens with zero attached hydrogens (tertiary/aromatic N) is 2. The molecule has 170 valence electrons. The maximum Gasteiger partial charge on any atom is 0.138 e. The van der Waals surface area contributed by atoms with Gasteiger partial charge in [0.1, 0.15) is 18.1 Å². The first kappa shape index (κ1) is 21.8. The molecule has 0 aliphatic carbocycles. The Morgan fingerprint density at radius 3 is 2.65 bits per heavy atom. The van der Waals surface area contributed by atoms with Gasteiger partial charge in [-0.2, -0.15) is 0 Å². The van der Waals surface area contributed by atoms with E-state index in [0.29, 0.717) is 17.9 Å². The van der Waals surface area contributed by atoms with Gasteiger partial charge in [0.25, 0.3) is 0 Å². The highest BCUT2D eigenvalue weighted by Crippen LogP contribution is 2.31. The Hall–Kier alpha value is -4.05. The molecule has 1 aromatic heterocycles. The van der Waals surface area contributed by atoms with Gasteiger partial charge in [0.05, 0.1) is 6.20 Å². The van der Waals surface area contributed by atoms with Crippen molar-refractivity contribution in [3.63, 3.8) is 0 Å². The van der Waals surface area contributed by atoms with Crippen molar-refractivity contribution in [1.82, 2.24) is 4.98 Å². The molecular weight excluding hydrogens is 420 g/mol. The lowest BCUT2D eigenvalue weighted by Crippen LogP contribution is -2.19. The maximum absolute atomic E-state index is 9.53. The van der Waals surface area contributed by atoms with E-state index in [1.807, 2.05) is 0 Å². The van der Waals surface area contributed by atoms with Crippen LogP contribution < -0.4 is 9.64 Å². The minimum atomic E-state index is -0.0198. The highest BCUT2D eigenvalue weighted by molar-refractivity contribution is 5.65. The number of anilines is 1. The van der Waals surface area contributed by atoms with Crippen molar-refractivity contribution in [2.45, 2.75) is 26.5 Å². The van der Waals surface area contributed by atoms with Crippen LogP contribution in [-0.4, -0.2) is 16.6 Å². The quantitative estimate of drug-likeness (QED) is 0.319. The van der Waals surface area contributed by atoms with Crippen LogP contribution in [0.15, 0.2) is 91.8 Å². The summed E-state index contributed by atoms with van der Waals surface area (Å²) in [4.78, 5) is 6.56. The van der Waals surface area contributed by atoms with Crippen LogP contribution in [0.5, 0.6) is 5.75 Å². The Morgan fingerprint density at radius 2 is 1.82 bits per heavy atom. The van der Waals surface area contributed by atoms with Crippen LogP contribution in [0.25, 0.3) is 16.9 Å². The van der Waals surface area contributed by atoms with E-state index in [4.69, 9.17) is 4.74 Å². The second-order valence-electron chi connectivity index (χ2n) is 8.85. The van der Waals surface area contributed by atoms with Gasteiger partial charge in [0.2, 0.25) is 0 Å². The highest BCUT2D eigenvalue weighted by Gasteiger charge is 2.19. The Labute approximate surface area is 200 Å². The van der Waals surface area contributed by atoms with Gasteiger partial charge in [-0.1, -0.05) is 66.7 Å². The van der Waals surface area contributed by atoms with Crippen LogP contribution in [0.3, 0.4) is 0 Å². The predicted octanol–water partition coefficient (Wildman–Crippen LogP) is 6.73. The fraction of sp³-hybridized carbons (Fsp3) is 0.167. The molecule has 4 aromatic rings. The van der Waals surface area contributed by atoms with Gasteiger partial charge >= 0.3 is 0 Å². The van der Waals surface area contributed by atoms with Gasteiger partial charge < -0.3 is 14.7 Å².